The molecule has 0 unspecified atom stereocenters. The Bertz CT molecular complexity index is 505. The maximum absolute atomic E-state index is 8.81. The second kappa shape index (κ2) is 2.75. The van der Waals surface area contributed by atoms with Gasteiger partial charge in [0.25, 0.3) is 0 Å². The number of benzene rings is 1. The number of nitrogens with zero attached hydrogens (tertiary/aromatic N) is 1. The van der Waals surface area contributed by atoms with E-state index in [4.69, 9.17) is 11.0 Å². The number of rotatable bonds is 0. The lowest BCUT2D eigenvalue weighted by molar-refractivity contribution is 1.47. The summed E-state index contributed by atoms with van der Waals surface area (Å²) in [5.74, 6) is 0. The summed E-state index contributed by atoms with van der Waals surface area (Å²) in [6.07, 6.45) is 0. The van der Waals surface area contributed by atoms with Crippen molar-refractivity contribution in [3.63, 3.8) is 0 Å². The van der Waals surface area contributed by atoms with E-state index in [9.17, 15) is 0 Å². The molecule has 2 rings (SSSR count). The molecule has 0 spiro atoms. The minimum absolute atomic E-state index is 0.573. The lowest BCUT2D eigenvalue weighted by atomic mass is 10.1. The molecule has 0 aliphatic carbocycles. The van der Waals surface area contributed by atoms with Crippen LogP contribution in [0.25, 0.3) is 10.1 Å². The zero-order valence-electron chi connectivity index (χ0n) is 7.16. The quantitative estimate of drug-likeness (QED) is 0.646. The minimum atomic E-state index is 0.573. The number of nitrogen functional groups attached to an aromatic ring is 1. The van der Waals surface area contributed by atoms with E-state index in [0.29, 0.717) is 11.3 Å². The van der Waals surface area contributed by atoms with Crippen molar-refractivity contribution in [1.29, 1.82) is 5.26 Å². The first kappa shape index (κ1) is 8.09. The molecule has 1 aromatic heterocycles. The minimum Gasteiger partial charge on any atom is -0.397 e. The largest absolute Gasteiger partial charge is 0.397 e. The standard InChI is InChI=1S/C10H8N2S/c1-6-4-7(5-11)9(12)8-2-3-13-10(6)8/h2-4H,12H2,1H3. The van der Waals surface area contributed by atoms with Gasteiger partial charge in [0.15, 0.2) is 0 Å². The van der Waals surface area contributed by atoms with Crippen LogP contribution in [-0.4, -0.2) is 0 Å². The number of thiophene rings is 1. The van der Waals surface area contributed by atoms with Crippen molar-refractivity contribution in [1.82, 2.24) is 0 Å². The van der Waals surface area contributed by atoms with E-state index >= 15 is 0 Å². The average molecular weight is 188 g/mol. The second-order valence-electron chi connectivity index (χ2n) is 2.93. The van der Waals surface area contributed by atoms with Gasteiger partial charge in [-0.25, -0.2) is 0 Å². The first-order chi connectivity index (χ1) is 6.24. The number of hydrogen-bond donors (Lipinski definition) is 1. The Morgan fingerprint density at radius 2 is 2.31 bits per heavy atom. The molecule has 0 atom stereocenters. The summed E-state index contributed by atoms with van der Waals surface area (Å²) in [4.78, 5) is 0. The molecule has 2 aromatic rings. The summed E-state index contributed by atoms with van der Waals surface area (Å²) in [5, 5.41) is 11.8. The summed E-state index contributed by atoms with van der Waals surface area (Å²) in [5.41, 5.74) is 8.12. The molecular formula is C10H8N2S. The van der Waals surface area contributed by atoms with Gasteiger partial charge >= 0.3 is 0 Å². The third-order valence-electron chi connectivity index (χ3n) is 2.09. The Morgan fingerprint density at radius 1 is 1.54 bits per heavy atom. The summed E-state index contributed by atoms with van der Waals surface area (Å²) < 4.78 is 1.18. The van der Waals surface area contributed by atoms with Crippen LogP contribution in [0.3, 0.4) is 0 Å². The Labute approximate surface area is 80.2 Å². The van der Waals surface area contributed by atoms with Crippen LogP contribution in [0.15, 0.2) is 17.5 Å². The lowest BCUT2D eigenvalue weighted by Crippen LogP contribution is -1.91. The van der Waals surface area contributed by atoms with Gasteiger partial charge in [-0.15, -0.1) is 11.3 Å². The van der Waals surface area contributed by atoms with Crippen LogP contribution in [-0.2, 0) is 0 Å². The lowest BCUT2D eigenvalue weighted by Gasteiger charge is -2.01. The Morgan fingerprint density at radius 3 is 3.00 bits per heavy atom. The van der Waals surface area contributed by atoms with Gasteiger partial charge in [0.1, 0.15) is 6.07 Å². The van der Waals surface area contributed by atoms with E-state index in [1.54, 1.807) is 11.3 Å². The van der Waals surface area contributed by atoms with Crippen molar-refractivity contribution in [3.05, 3.63) is 28.6 Å². The predicted octanol–water partition coefficient (Wildman–Crippen LogP) is 2.66. The first-order valence-electron chi connectivity index (χ1n) is 3.90. The molecule has 1 aromatic carbocycles. The van der Waals surface area contributed by atoms with E-state index in [2.05, 4.69) is 6.07 Å². The fraction of sp³-hybridized carbons (Fsp3) is 0.100. The highest BCUT2D eigenvalue weighted by molar-refractivity contribution is 7.17. The van der Waals surface area contributed by atoms with Crippen molar-refractivity contribution in [2.45, 2.75) is 6.92 Å². The highest BCUT2D eigenvalue weighted by Crippen LogP contribution is 2.31. The zero-order chi connectivity index (χ0) is 9.42. The van der Waals surface area contributed by atoms with Crippen molar-refractivity contribution in [2.75, 3.05) is 5.73 Å². The fourth-order valence-corrected chi connectivity index (χ4v) is 2.31. The molecule has 0 amide bonds. The molecule has 1 heterocycles. The van der Waals surface area contributed by atoms with Gasteiger partial charge in [0.05, 0.1) is 11.3 Å². The van der Waals surface area contributed by atoms with E-state index in [1.807, 2.05) is 24.4 Å². The number of fused-ring (bicyclic) bond motifs is 1. The third kappa shape index (κ3) is 1.07. The van der Waals surface area contributed by atoms with Crippen LogP contribution in [0.1, 0.15) is 11.1 Å². The molecule has 0 aliphatic heterocycles. The molecule has 0 radical (unpaired) electrons. The van der Waals surface area contributed by atoms with E-state index < -0.39 is 0 Å². The monoisotopic (exact) mass is 188 g/mol. The van der Waals surface area contributed by atoms with Crippen LogP contribution >= 0.6 is 11.3 Å². The summed E-state index contributed by atoms with van der Waals surface area (Å²) >= 11 is 1.66. The van der Waals surface area contributed by atoms with E-state index in [1.165, 1.54) is 4.70 Å². The van der Waals surface area contributed by atoms with Crippen LogP contribution in [0.2, 0.25) is 0 Å². The molecule has 0 bridgehead atoms. The van der Waals surface area contributed by atoms with Gasteiger partial charge < -0.3 is 5.73 Å². The van der Waals surface area contributed by atoms with E-state index in [0.717, 1.165) is 10.9 Å². The number of anilines is 1. The van der Waals surface area contributed by atoms with Crippen molar-refractivity contribution >= 4 is 27.1 Å². The Kier molecular flexibility index (Phi) is 1.71. The first-order valence-corrected chi connectivity index (χ1v) is 4.78. The molecule has 3 heteroatoms. The number of nitrogens with two attached hydrogens (primary N) is 1. The molecule has 0 saturated heterocycles. The molecule has 64 valence electrons. The number of nitriles is 1. The molecule has 0 saturated carbocycles. The van der Waals surface area contributed by atoms with Gasteiger partial charge in [0.2, 0.25) is 0 Å². The number of aryl methyl sites for hydroxylation is 1. The Balaban J connectivity index is 2.95. The SMILES string of the molecule is Cc1cc(C#N)c(N)c2ccsc12. The van der Waals surface area contributed by atoms with Gasteiger partial charge in [-0.05, 0) is 30.0 Å². The molecular weight excluding hydrogens is 180 g/mol. The van der Waals surface area contributed by atoms with Crippen molar-refractivity contribution < 1.29 is 0 Å². The second-order valence-corrected chi connectivity index (χ2v) is 3.85. The smallest absolute Gasteiger partial charge is 0.101 e. The van der Waals surface area contributed by atoms with Crippen molar-refractivity contribution in [2.24, 2.45) is 0 Å². The van der Waals surface area contributed by atoms with E-state index in [-0.39, 0.29) is 0 Å². The van der Waals surface area contributed by atoms with Gasteiger partial charge in [-0.1, -0.05) is 0 Å². The molecule has 0 fully saturated rings. The van der Waals surface area contributed by atoms with Gasteiger partial charge in [-0.3, -0.25) is 0 Å². The molecule has 13 heavy (non-hydrogen) atoms. The fourth-order valence-electron chi connectivity index (χ4n) is 1.42. The summed E-state index contributed by atoms with van der Waals surface area (Å²) in [6.45, 7) is 2.00. The van der Waals surface area contributed by atoms with Crippen LogP contribution < -0.4 is 5.73 Å². The molecule has 2 nitrogen and oxygen atoms in total. The van der Waals surface area contributed by atoms with Crippen molar-refractivity contribution in [3.8, 4) is 6.07 Å². The zero-order valence-corrected chi connectivity index (χ0v) is 7.98. The third-order valence-corrected chi connectivity index (χ3v) is 3.13. The molecule has 2 N–H and O–H groups in total. The maximum Gasteiger partial charge on any atom is 0.101 e. The maximum atomic E-state index is 8.81. The summed E-state index contributed by atoms with van der Waals surface area (Å²) in [7, 11) is 0. The van der Waals surface area contributed by atoms with Gasteiger partial charge in [0, 0.05) is 10.1 Å². The average Bonchev–Trinajstić information content (AvgIpc) is 2.60. The Hall–Kier alpha value is -1.53. The van der Waals surface area contributed by atoms with Crippen LogP contribution in [0.5, 0.6) is 0 Å². The topological polar surface area (TPSA) is 49.8 Å². The number of hydrogen-bond acceptors (Lipinski definition) is 3. The molecule has 0 aliphatic rings. The highest BCUT2D eigenvalue weighted by Gasteiger charge is 2.07. The predicted molar refractivity (Wildman–Crippen MR) is 55.7 cm³/mol. The summed E-state index contributed by atoms with van der Waals surface area (Å²) in [6, 6.07) is 5.90. The van der Waals surface area contributed by atoms with Crippen LogP contribution in [0.4, 0.5) is 5.69 Å². The highest BCUT2D eigenvalue weighted by atomic mass is 32.1. The normalized spacial score (nSPS) is 10.2. The van der Waals surface area contributed by atoms with Gasteiger partial charge in [-0.2, -0.15) is 5.26 Å². The van der Waals surface area contributed by atoms with Crippen LogP contribution in [0, 0.1) is 18.3 Å².